The Labute approximate surface area is 141 Å². The molecule has 0 radical (unpaired) electrons. The summed E-state index contributed by atoms with van der Waals surface area (Å²) in [5.74, 6) is 0.835. The summed E-state index contributed by atoms with van der Waals surface area (Å²) in [5, 5.41) is 7.91. The molecule has 122 valence electrons. The molecule has 2 amide bonds. The van der Waals surface area contributed by atoms with E-state index >= 15 is 0 Å². The number of hydrogen-bond donors (Lipinski definition) is 2. The number of fused-ring (bicyclic) bond motifs is 1. The van der Waals surface area contributed by atoms with Crippen molar-refractivity contribution in [3.05, 3.63) is 72.3 Å². The van der Waals surface area contributed by atoms with E-state index in [2.05, 4.69) is 10.6 Å². The van der Waals surface area contributed by atoms with Gasteiger partial charge in [-0.15, -0.1) is 0 Å². The molecule has 0 fully saturated rings. The Morgan fingerprint density at radius 1 is 0.958 bits per heavy atom. The Hall–Kier alpha value is -3.01. The molecule has 0 unspecified atom stereocenters. The van der Waals surface area contributed by atoms with Gasteiger partial charge in [-0.3, -0.25) is 0 Å². The van der Waals surface area contributed by atoms with Crippen LogP contribution in [0.4, 0.5) is 10.5 Å². The molecule has 0 aliphatic rings. The summed E-state index contributed by atoms with van der Waals surface area (Å²) in [6.07, 6.45) is 0. The van der Waals surface area contributed by atoms with Gasteiger partial charge in [0.05, 0.1) is 12.3 Å². The summed E-state index contributed by atoms with van der Waals surface area (Å²) in [7, 11) is 0. The molecule has 4 nitrogen and oxygen atoms in total. The van der Waals surface area contributed by atoms with Crippen LogP contribution in [-0.4, -0.2) is 12.6 Å². The maximum absolute atomic E-state index is 12.2. The maximum Gasteiger partial charge on any atom is 0.319 e. The van der Waals surface area contributed by atoms with Crippen LogP contribution in [0.2, 0.25) is 0 Å². The highest BCUT2D eigenvalue weighted by Crippen LogP contribution is 2.22. The van der Waals surface area contributed by atoms with E-state index in [-0.39, 0.29) is 6.03 Å². The normalized spacial score (nSPS) is 10.4. The molecule has 0 saturated heterocycles. The SMILES string of the molecule is CCOc1ccc(CNC(=O)Nc2cccc3ccccc23)cc1. The number of rotatable bonds is 5. The number of hydrogen-bond acceptors (Lipinski definition) is 2. The van der Waals surface area contributed by atoms with Gasteiger partial charge in [-0.2, -0.15) is 0 Å². The third kappa shape index (κ3) is 3.84. The second-order valence-corrected chi connectivity index (χ2v) is 5.41. The highest BCUT2D eigenvalue weighted by atomic mass is 16.5. The van der Waals surface area contributed by atoms with Crippen molar-refractivity contribution in [2.24, 2.45) is 0 Å². The minimum absolute atomic E-state index is 0.222. The highest BCUT2D eigenvalue weighted by Gasteiger charge is 2.05. The van der Waals surface area contributed by atoms with Crippen LogP contribution in [-0.2, 0) is 6.54 Å². The molecule has 0 heterocycles. The van der Waals surface area contributed by atoms with E-state index in [1.807, 2.05) is 73.7 Å². The number of anilines is 1. The Bertz CT molecular complexity index is 823. The number of ether oxygens (including phenoxy) is 1. The molecule has 2 N–H and O–H groups in total. The van der Waals surface area contributed by atoms with Crippen molar-refractivity contribution in [3.8, 4) is 5.75 Å². The molecule has 3 rings (SSSR count). The zero-order valence-electron chi connectivity index (χ0n) is 13.6. The third-order valence-electron chi connectivity index (χ3n) is 3.73. The van der Waals surface area contributed by atoms with E-state index < -0.39 is 0 Å². The molecule has 0 aromatic heterocycles. The van der Waals surface area contributed by atoms with Crippen LogP contribution in [0, 0.1) is 0 Å². The average molecular weight is 320 g/mol. The molecular weight excluding hydrogens is 300 g/mol. The molecule has 0 bridgehead atoms. The quantitative estimate of drug-likeness (QED) is 0.724. The van der Waals surface area contributed by atoms with Gasteiger partial charge in [-0.05, 0) is 36.1 Å². The van der Waals surface area contributed by atoms with E-state index in [0.717, 1.165) is 27.8 Å². The van der Waals surface area contributed by atoms with Crippen LogP contribution in [0.5, 0.6) is 5.75 Å². The first-order valence-corrected chi connectivity index (χ1v) is 8.00. The number of carbonyl (C=O) groups is 1. The first kappa shape index (κ1) is 15.9. The third-order valence-corrected chi connectivity index (χ3v) is 3.73. The molecule has 3 aromatic rings. The Morgan fingerprint density at radius 2 is 1.71 bits per heavy atom. The van der Waals surface area contributed by atoms with E-state index in [0.29, 0.717) is 13.2 Å². The predicted molar refractivity (Wildman–Crippen MR) is 97.4 cm³/mol. The topological polar surface area (TPSA) is 50.4 Å². The Balaban J connectivity index is 1.61. The largest absolute Gasteiger partial charge is 0.494 e. The van der Waals surface area contributed by atoms with E-state index in [1.165, 1.54) is 0 Å². The highest BCUT2D eigenvalue weighted by molar-refractivity contribution is 6.01. The Kier molecular flexibility index (Phi) is 4.96. The molecule has 3 aromatic carbocycles. The number of benzene rings is 3. The number of amides is 2. The first-order valence-electron chi connectivity index (χ1n) is 8.00. The lowest BCUT2D eigenvalue weighted by Gasteiger charge is -2.10. The van der Waals surface area contributed by atoms with Crippen molar-refractivity contribution in [1.82, 2.24) is 5.32 Å². The summed E-state index contributed by atoms with van der Waals surface area (Å²) in [6, 6.07) is 21.3. The zero-order chi connectivity index (χ0) is 16.8. The molecule has 4 heteroatoms. The number of nitrogens with one attached hydrogen (secondary N) is 2. The van der Waals surface area contributed by atoms with Gasteiger partial charge in [-0.25, -0.2) is 4.79 Å². The number of carbonyl (C=O) groups excluding carboxylic acids is 1. The molecule has 0 saturated carbocycles. The monoisotopic (exact) mass is 320 g/mol. The molecule has 0 aliphatic heterocycles. The van der Waals surface area contributed by atoms with Gasteiger partial charge < -0.3 is 15.4 Å². The van der Waals surface area contributed by atoms with Crippen LogP contribution in [0.3, 0.4) is 0 Å². The van der Waals surface area contributed by atoms with E-state index in [4.69, 9.17) is 4.74 Å². The van der Waals surface area contributed by atoms with Gasteiger partial charge in [0.15, 0.2) is 0 Å². The first-order chi connectivity index (χ1) is 11.8. The fourth-order valence-corrected chi connectivity index (χ4v) is 2.55. The van der Waals surface area contributed by atoms with Crippen LogP contribution < -0.4 is 15.4 Å². The van der Waals surface area contributed by atoms with E-state index in [1.54, 1.807) is 0 Å². The Morgan fingerprint density at radius 3 is 2.50 bits per heavy atom. The molecule has 0 aliphatic carbocycles. The lowest BCUT2D eigenvalue weighted by atomic mass is 10.1. The van der Waals surface area contributed by atoms with Crippen LogP contribution in [0.15, 0.2) is 66.7 Å². The van der Waals surface area contributed by atoms with Gasteiger partial charge in [0.2, 0.25) is 0 Å². The average Bonchev–Trinajstić information content (AvgIpc) is 2.62. The zero-order valence-corrected chi connectivity index (χ0v) is 13.6. The van der Waals surface area contributed by atoms with Crippen LogP contribution in [0.25, 0.3) is 10.8 Å². The van der Waals surface area contributed by atoms with Gasteiger partial charge in [0.1, 0.15) is 5.75 Å². The summed E-state index contributed by atoms with van der Waals surface area (Å²) in [6.45, 7) is 3.06. The standard InChI is InChI=1S/C20H20N2O2/c1-2-24-17-12-10-15(11-13-17)14-21-20(23)22-19-9-5-7-16-6-3-4-8-18(16)19/h3-13H,2,14H2,1H3,(H2,21,22,23). The van der Waals surface area contributed by atoms with Crippen molar-refractivity contribution in [1.29, 1.82) is 0 Å². The molecular formula is C20H20N2O2. The van der Waals surface area contributed by atoms with Gasteiger partial charge in [0, 0.05) is 11.9 Å². The molecule has 24 heavy (non-hydrogen) atoms. The minimum atomic E-state index is -0.222. The van der Waals surface area contributed by atoms with Gasteiger partial charge in [-0.1, -0.05) is 48.5 Å². The summed E-state index contributed by atoms with van der Waals surface area (Å²) in [5.41, 5.74) is 1.82. The maximum atomic E-state index is 12.2. The summed E-state index contributed by atoms with van der Waals surface area (Å²) < 4.78 is 5.41. The number of urea groups is 1. The van der Waals surface area contributed by atoms with Crippen molar-refractivity contribution in [3.63, 3.8) is 0 Å². The van der Waals surface area contributed by atoms with Gasteiger partial charge >= 0.3 is 6.03 Å². The summed E-state index contributed by atoms with van der Waals surface area (Å²) in [4.78, 5) is 12.2. The van der Waals surface area contributed by atoms with Crippen LogP contribution >= 0.6 is 0 Å². The van der Waals surface area contributed by atoms with Crippen LogP contribution in [0.1, 0.15) is 12.5 Å². The van der Waals surface area contributed by atoms with Crippen molar-refractivity contribution < 1.29 is 9.53 Å². The predicted octanol–water partition coefficient (Wildman–Crippen LogP) is 4.56. The summed E-state index contributed by atoms with van der Waals surface area (Å²) >= 11 is 0. The van der Waals surface area contributed by atoms with Crippen molar-refractivity contribution in [2.75, 3.05) is 11.9 Å². The second kappa shape index (κ2) is 7.51. The van der Waals surface area contributed by atoms with Crippen molar-refractivity contribution >= 4 is 22.5 Å². The minimum Gasteiger partial charge on any atom is -0.494 e. The fourth-order valence-electron chi connectivity index (χ4n) is 2.55. The molecule has 0 atom stereocenters. The fraction of sp³-hybridized carbons (Fsp3) is 0.150. The smallest absolute Gasteiger partial charge is 0.319 e. The van der Waals surface area contributed by atoms with E-state index in [9.17, 15) is 4.79 Å². The van der Waals surface area contributed by atoms with Gasteiger partial charge in [0.25, 0.3) is 0 Å². The molecule has 0 spiro atoms. The van der Waals surface area contributed by atoms with Crippen molar-refractivity contribution in [2.45, 2.75) is 13.5 Å². The second-order valence-electron chi connectivity index (χ2n) is 5.41. The lowest BCUT2D eigenvalue weighted by molar-refractivity contribution is 0.252. The lowest BCUT2D eigenvalue weighted by Crippen LogP contribution is -2.28.